The monoisotopic (exact) mass is 305 g/mol. The Balaban J connectivity index is 2.20. The van der Waals surface area contributed by atoms with E-state index >= 15 is 0 Å². The molecule has 0 fully saturated rings. The second kappa shape index (κ2) is 7.76. The zero-order valence-electron chi connectivity index (χ0n) is 13.6. The Labute approximate surface area is 132 Å². The van der Waals surface area contributed by atoms with E-state index in [1.807, 2.05) is 23.1 Å². The van der Waals surface area contributed by atoms with E-state index in [1.54, 1.807) is 0 Å². The van der Waals surface area contributed by atoms with Crippen LogP contribution in [0.4, 0.5) is 0 Å². The fourth-order valence-corrected chi connectivity index (χ4v) is 3.66. The summed E-state index contributed by atoms with van der Waals surface area (Å²) in [6.45, 7) is 7.67. The van der Waals surface area contributed by atoms with Crippen molar-refractivity contribution in [2.45, 2.75) is 52.5 Å². The van der Waals surface area contributed by atoms with Gasteiger partial charge in [0.2, 0.25) is 0 Å². The molecule has 0 radical (unpaired) electrons. The molecule has 116 valence electrons. The van der Waals surface area contributed by atoms with Crippen LogP contribution in [0, 0.1) is 0 Å². The minimum absolute atomic E-state index is 0.372. The van der Waals surface area contributed by atoms with E-state index in [0.29, 0.717) is 6.04 Å². The number of rotatable bonds is 8. The van der Waals surface area contributed by atoms with Crippen molar-refractivity contribution in [1.29, 1.82) is 0 Å². The number of aryl methyl sites for hydroxylation is 3. The zero-order chi connectivity index (χ0) is 15.2. The van der Waals surface area contributed by atoms with Gasteiger partial charge in [-0.05, 0) is 37.9 Å². The van der Waals surface area contributed by atoms with Crippen molar-refractivity contribution < 1.29 is 0 Å². The highest BCUT2D eigenvalue weighted by atomic mass is 32.1. The third-order valence-electron chi connectivity index (χ3n) is 3.76. The van der Waals surface area contributed by atoms with Crippen LogP contribution in [-0.4, -0.2) is 16.3 Å². The van der Waals surface area contributed by atoms with E-state index in [4.69, 9.17) is 0 Å². The minimum atomic E-state index is 0.372. The van der Waals surface area contributed by atoms with Gasteiger partial charge in [-0.3, -0.25) is 4.68 Å². The summed E-state index contributed by atoms with van der Waals surface area (Å²) in [7, 11) is 2.01. The van der Waals surface area contributed by atoms with Crippen molar-refractivity contribution in [1.82, 2.24) is 15.1 Å². The minimum Gasteiger partial charge on any atom is -0.310 e. The van der Waals surface area contributed by atoms with Crippen LogP contribution in [0.5, 0.6) is 0 Å². The molecule has 1 unspecified atom stereocenters. The number of hydrogen-bond acceptors (Lipinski definition) is 3. The molecule has 2 aromatic rings. The zero-order valence-corrected chi connectivity index (χ0v) is 14.5. The van der Waals surface area contributed by atoms with Crippen LogP contribution < -0.4 is 5.32 Å². The molecule has 0 amide bonds. The second-order valence-corrected chi connectivity index (χ2v) is 6.74. The van der Waals surface area contributed by atoms with Crippen LogP contribution in [0.1, 0.15) is 54.2 Å². The molecule has 0 aliphatic rings. The summed E-state index contributed by atoms with van der Waals surface area (Å²) in [6, 6.07) is 4.92. The quantitative estimate of drug-likeness (QED) is 0.802. The predicted molar refractivity (Wildman–Crippen MR) is 91.0 cm³/mol. The molecule has 2 aromatic heterocycles. The smallest absolute Gasteiger partial charge is 0.0669 e. The average Bonchev–Trinajstić information content (AvgIpc) is 3.09. The van der Waals surface area contributed by atoms with Crippen molar-refractivity contribution in [2.24, 2.45) is 7.05 Å². The van der Waals surface area contributed by atoms with Crippen LogP contribution in [0.25, 0.3) is 0 Å². The molecular weight excluding hydrogens is 278 g/mol. The van der Waals surface area contributed by atoms with Gasteiger partial charge in [-0.15, -0.1) is 11.3 Å². The lowest BCUT2D eigenvalue weighted by molar-refractivity contribution is 0.528. The van der Waals surface area contributed by atoms with Gasteiger partial charge in [-0.25, -0.2) is 0 Å². The lowest BCUT2D eigenvalue weighted by atomic mass is 10.0. The average molecular weight is 305 g/mol. The van der Waals surface area contributed by atoms with Crippen LogP contribution in [0.15, 0.2) is 18.3 Å². The van der Waals surface area contributed by atoms with Gasteiger partial charge in [-0.1, -0.05) is 20.8 Å². The maximum atomic E-state index is 4.60. The fourth-order valence-electron chi connectivity index (χ4n) is 2.65. The molecule has 2 heterocycles. The van der Waals surface area contributed by atoms with E-state index < -0.39 is 0 Å². The first-order valence-corrected chi connectivity index (χ1v) is 8.82. The molecule has 0 aromatic carbocycles. The summed E-state index contributed by atoms with van der Waals surface area (Å²) in [6.07, 6.45) is 6.52. The molecule has 3 nitrogen and oxygen atoms in total. The summed E-state index contributed by atoms with van der Waals surface area (Å²) in [5.41, 5.74) is 2.58. The number of hydrogen-bond donors (Lipinski definition) is 1. The molecule has 0 saturated carbocycles. The van der Waals surface area contributed by atoms with Gasteiger partial charge >= 0.3 is 0 Å². The van der Waals surface area contributed by atoms with Crippen molar-refractivity contribution in [3.05, 3.63) is 39.3 Å². The third kappa shape index (κ3) is 4.17. The van der Waals surface area contributed by atoms with Crippen LogP contribution in [0.2, 0.25) is 0 Å². The molecule has 0 aliphatic carbocycles. The highest BCUT2D eigenvalue weighted by Crippen LogP contribution is 2.26. The molecule has 2 rings (SSSR count). The molecule has 0 saturated heterocycles. The molecular formula is C17H27N3S. The lowest BCUT2D eigenvalue weighted by Crippen LogP contribution is -2.24. The SMILES string of the molecule is CCCNC(Cc1ccc(CC)s1)c1cn(C)nc1CC. The van der Waals surface area contributed by atoms with Gasteiger partial charge in [0.1, 0.15) is 0 Å². The maximum Gasteiger partial charge on any atom is 0.0669 e. The topological polar surface area (TPSA) is 29.9 Å². The Morgan fingerprint density at radius 1 is 1.19 bits per heavy atom. The first-order chi connectivity index (χ1) is 10.2. The van der Waals surface area contributed by atoms with Gasteiger partial charge < -0.3 is 5.32 Å². The standard InChI is InChI=1S/C17H27N3S/c1-5-10-18-17(11-14-9-8-13(6-2)21-14)15-12-20(4)19-16(15)7-3/h8-9,12,17-18H,5-7,10-11H2,1-4H3. The normalized spacial score (nSPS) is 12.8. The summed E-state index contributed by atoms with van der Waals surface area (Å²) in [4.78, 5) is 2.94. The summed E-state index contributed by atoms with van der Waals surface area (Å²) in [5, 5.41) is 8.30. The molecule has 1 atom stereocenters. The molecule has 1 N–H and O–H groups in total. The molecule has 21 heavy (non-hydrogen) atoms. The molecule has 0 spiro atoms. The Kier molecular flexibility index (Phi) is 6.00. The van der Waals surface area contributed by atoms with Gasteiger partial charge in [0.05, 0.1) is 5.69 Å². The number of aromatic nitrogens is 2. The van der Waals surface area contributed by atoms with Gasteiger partial charge in [0.15, 0.2) is 0 Å². The van der Waals surface area contributed by atoms with E-state index in [2.05, 4.69) is 49.5 Å². The number of thiophene rings is 1. The highest BCUT2D eigenvalue weighted by Gasteiger charge is 2.18. The fraction of sp³-hybridized carbons (Fsp3) is 0.588. The van der Waals surface area contributed by atoms with Crippen LogP contribution >= 0.6 is 11.3 Å². The number of nitrogens with one attached hydrogen (secondary N) is 1. The maximum absolute atomic E-state index is 4.60. The summed E-state index contributed by atoms with van der Waals surface area (Å²) < 4.78 is 1.95. The third-order valence-corrected chi connectivity index (χ3v) is 5.01. The van der Waals surface area contributed by atoms with Crippen molar-refractivity contribution in [2.75, 3.05) is 6.54 Å². The Morgan fingerprint density at radius 3 is 2.57 bits per heavy atom. The van der Waals surface area contributed by atoms with Crippen molar-refractivity contribution >= 4 is 11.3 Å². The summed E-state index contributed by atoms with van der Waals surface area (Å²) in [5.74, 6) is 0. The number of nitrogens with zero attached hydrogens (tertiary/aromatic N) is 2. The second-order valence-electron chi connectivity index (χ2n) is 5.49. The van der Waals surface area contributed by atoms with E-state index in [0.717, 1.165) is 32.2 Å². The van der Waals surface area contributed by atoms with Crippen molar-refractivity contribution in [3.8, 4) is 0 Å². The van der Waals surface area contributed by atoms with Gasteiger partial charge in [0, 0.05) is 41.0 Å². The van der Waals surface area contributed by atoms with Gasteiger partial charge in [-0.2, -0.15) is 5.10 Å². The van der Waals surface area contributed by atoms with E-state index in [-0.39, 0.29) is 0 Å². The largest absolute Gasteiger partial charge is 0.310 e. The van der Waals surface area contributed by atoms with Crippen molar-refractivity contribution in [3.63, 3.8) is 0 Å². The van der Waals surface area contributed by atoms with Gasteiger partial charge in [0.25, 0.3) is 0 Å². The van der Waals surface area contributed by atoms with E-state index in [9.17, 15) is 0 Å². The highest BCUT2D eigenvalue weighted by molar-refractivity contribution is 7.11. The first kappa shape index (κ1) is 16.2. The molecule has 4 heteroatoms. The van der Waals surface area contributed by atoms with E-state index in [1.165, 1.54) is 21.0 Å². The van der Waals surface area contributed by atoms with Crippen LogP contribution in [-0.2, 0) is 26.3 Å². The molecule has 0 aliphatic heterocycles. The molecule has 0 bridgehead atoms. The Morgan fingerprint density at radius 2 is 1.95 bits per heavy atom. The Hall–Kier alpha value is -1.13. The first-order valence-electron chi connectivity index (χ1n) is 8.01. The van der Waals surface area contributed by atoms with Crippen LogP contribution in [0.3, 0.4) is 0 Å². The predicted octanol–water partition coefficient (Wildman–Crippen LogP) is 3.89. The lowest BCUT2D eigenvalue weighted by Gasteiger charge is -2.18. The summed E-state index contributed by atoms with van der Waals surface area (Å²) >= 11 is 1.94. The Bertz CT molecular complexity index is 556.